The molecule has 1 aromatic heterocycles. The van der Waals surface area contributed by atoms with Gasteiger partial charge in [-0.3, -0.25) is 9.59 Å². The fourth-order valence-electron chi connectivity index (χ4n) is 2.84. The van der Waals surface area contributed by atoms with E-state index in [0.717, 1.165) is 37.7 Å². The Kier molecular flexibility index (Phi) is 6.97. The number of anilines is 1. The lowest BCUT2D eigenvalue weighted by Crippen LogP contribution is -2.36. The summed E-state index contributed by atoms with van der Waals surface area (Å²) >= 11 is 0. The van der Waals surface area contributed by atoms with E-state index in [1.54, 1.807) is 30.5 Å². The Labute approximate surface area is 164 Å². The molecule has 28 heavy (non-hydrogen) atoms. The number of carbonyl (C=O) groups excluding carboxylic acids is 2. The van der Waals surface area contributed by atoms with E-state index in [0.29, 0.717) is 24.3 Å². The largest absolute Gasteiger partial charge is 0.484 e. The van der Waals surface area contributed by atoms with Crippen LogP contribution in [0.15, 0.2) is 42.6 Å². The normalized spacial score (nSPS) is 13.8. The summed E-state index contributed by atoms with van der Waals surface area (Å²) in [5, 5.41) is 2.82. The highest BCUT2D eigenvalue weighted by Crippen LogP contribution is 2.14. The number of rotatable bonds is 8. The first-order valence-corrected chi connectivity index (χ1v) is 9.46. The van der Waals surface area contributed by atoms with Crippen molar-refractivity contribution in [2.45, 2.75) is 19.9 Å². The summed E-state index contributed by atoms with van der Waals surface area (Å²) in [6, 6.07) is 10.7. The number of benzene rings is 1. The van der Waals surface area contributed by atoms with Crippen molar-refractivity contribution in [3.8, 4) is 5.75 Å². The molecule has 7 heteroatoms. The van der Waals surface area contributed by atoms with Gasteiger partial charge in [0.15, 0.2) is 12.4 Å². The molecule has 1 N–H and O–H groups in total. The Hall–Kier alpha value is -2.93. The summed E-state index contributed by atoms with van der Waals surface area (Å²) in [6.07, 6.45) is 2.24. The lowest BCUT2D eigenvalue weighted by Gasteiger charge is -2.27. The van der Waals surface area contributed by atoms with Gasteiger partial charge < -0.3 is 19.7 Å². The second kappa shape index (κ2) is 9.85. The molecule has 1 saturated heterocycles. The second-order valence-corrected chi connectivity index (χ2v) is 6.49. The molecule has 1 aromatic carbocycles. The van der Waals surface area contributed by atoms with Crippen LogP contribution in [-0.4, -0.2) is 49.6 Å². The highest BCUT2D eigenvalue weighted by atomic mass is 16.5. The number of pyridine rings is 1. The van der Waals surface area contributed by atoms with Gasteiger partial charge in [0, 0.05) is 37.8 Å². The Morgan fingerprint density at radius 2 is 1.89 bits per heavy atom. The molecule has 0 saturated carbocycles. The molecule has 3 rings (SSSR count). The van der Waals surface area contributed by atoms with Gasteiger partial charge in [-0.15, -0.1) is 0 Å². The van der Waals surface area contributed by atoms with Crippen molar-refractivity contribution in [2.75, 3.05) is 37.8 Å². The van der Waals surface area contributed by atoms with Gasteiger partial charge in [-0.1, -0.05) is 13.0 Å². The SMILES string of the molecule is CCC(=O)c1ccc(OCC(=O)NCc2ccc(N3CCOCC3)nc2)cc1. The van der Waals surface area contributed by atoms with E-state index in [1.807, 2.05) is 19.1 Å². The molecule has 2 aromatic rings. The van der Waals surface area contributed by atoms with E-state index in [9.17, 15) is 9.59 Å². The highest BCUT2D eigenvalue weighted by Gasteiger charge is 2.12. The van der Waals surface area contributed by atoms with E-state index in [2.05, 4.69) is 15.2 Å². The molecule has 2 heterocycles. The number of amides is 1. The van der Waals surface area contributed by atoms with Gasteiger partial charge in [-0.2, -0.15) is 0 Å². The third-order valence-corrected chi connectivity index (χ3v) is 4.50. The summed E-state index contributed by atoms with van der Waals surface area (Å²) in [5.41, 5.74) is 1.57. The number of hydrogen-bond acceptors (Lipinski definition) is 6. The Bertz CT molecular complexity index is 784. The lowest BCUT2D eigenvalue weighted by molar-refractivity contribution is -0.123. The standard InChI is InChI=1S/C21H25N3O4/c1-2-19(25)17-4-6-18(7-5-17)28-15-21(26)23-14-16-3-8-20(22-13-16)24-9-11-27-12-10-24/h3-8,13H,2,9-12,14-15H2,1H3,(H,23,26). The van der Waals surface area contributed by atoms with Crippen molar-refractivity contribution in [1.29, 1.82) is 0 Å². The molecule has 0 radical (unpaired) electrons. The summed E-state index contributed by atoms with van der Waals surface area (Å²) in [6.45, 7) is 5.25. The van der Waals surface area contributed by atoms with Crippen LogP contribution < -0.4 is 15.0 Å². The highest BCUT2D eigenvalue weighted by molar-refractivity contribution is 5.95. The smallest absolute Gasteiger partial charge is 0.258 e. The maximum absolute atomic E-state index is 12.0. The van der Waals surface area contributed by atoms with Gasteiger partial charge in [0.1, 0.15) is 11.6 Å². The number of hydrogen-bond donors (Lipinski definition) is 1. The molecular formula is C21H25N3O4. The van der Waals surface area contributed by atoms with E-state index in [4.69, 9.17) is 9.47 Å². The van der Waals surface area contributed by atoms with Crippen molar-refractivity contribution < 1.29 is 19.1 Å². The molecule has 1 aliphatic heterocycles. The Morgan fingerprint density at radius 1 is 1.14 bits per heavy atom. The van der Waals surface area contributed by atoms with E-state index >= 15 is 0 Å². The molecule has 0 spiro atoms. The first kappa shape index (κ1) is 19.8. The van der Waals surface area contributed by atoms with Crippen LogP contribution in [0.3, 0.4) is 0 Å². The Balaban J connectivity index is 1.42. The summed E-state index contributed by atoms with van der Waals surface area (Å²) in [5.74, 6) is 1.34. The minimum atomic E-state index is -0.217. The number of carbonyl (C=O) groups is 2. The van der Waals surface area contributed by atoms with Gasteiger partial charge in [0.05, 0.1) is 13.2 Å². The van der Waals surface area contributed by atoms with Crippen LogP contribution in [0, 0.1) is 0 Å². The Morgan fingerprint density at radius 3 is 2.54 bits per heavy atom. The maximum Gasteiger partial charge on any atom is 0.258 e. The van der Waals surface area contributed by atoms with Crippen molar-refractivity contribution in [3.63, 3.8) is 0 Å². The zero-order chi connectivity index (χ0) is 19.8. The summed E-state index contributed by atoms with van der Waals surface area (Å²) < 4.78 is 10.8. The number of Topliss-reactive ketones (excluding diaryl/α,β-unsaturated/α-hetero) is 1. The van der Waals surface area contributed by atoms with Gasteiger partial charge in [-0.25, -0.2) is 4.98 Å². The first-order chi connectivity index (χ1) is 13.7. The second-order valence-electron chi connectivity index (χ2n) is 6.49. The third-order valence-electron chi connectivity index (χ3n) is 4.50. The van der Waals surface area contributed by atoms with E-state index < -0.39 is 0 Å². The molecule has 1 fully saturated rings. The van der Waals surface area contributed by atoms with Crippen LogP contribution in [0.5, 0.6) is 5.75 Å². The van der Waals surface area contributed by atoms with Gasteiger partial charge in [-0.05, 0) is 35.9 Å². The van der Waals surface area contributed by atoms with Gasteiger partial charge >= 0.3 is 0 Å². The molecule has 0 aliphatic carbocycles. The van der Waals surface area contributed by atoms with Crippen LogP contribution in [0.4, 0.5) is 5.82 Å². The molecule has 0 atom stereocenters. The average Bonchev–Trinajstić information content (AvgIpc) is 2.77. The lowest BCUT2D eigenvalue weighted by atomic mass is 10.1. The topological polar surface area (TPSA) is 80.8 Å². The number of nitrogens with one attached hydrogen (secondary N) is 1. The zero-order valence-electron chi connectivity index (χ0n) is 16.0. The molecule has 1 aliphatic rings. The van der Waals surface area contributed by atoms with Gasteiger partial charge in [0.25, 0.3) is 5.91 Å². The molecule has 0 bridgehead atoms. The number of nitrogens with zero attached hydrogens (tertiary/aromatic N) is 2. The fourth-order valence-corrected chi connectivity index (χ4v) is 2.84. The number of ketones is 1. The van der Waals surface area contributed by atoms with Gasteiger partial charge in [0.2, 0.25) is 0 Å². The summed E-state index contributed by atoms with van der Waals surface area (Å²) in [7, 11) is 0. The first-order valence-electron chi connectivity index (χ1n) is 9.46. The predicted octanol–water partition coefficient (Wildman–Crippen LogP) is 2.21. The quantitative estimate of drug-likeness (QED) is 0.704. The molecule has 1 amide bonds. The number of aromatic nitrogens is 1. The minimum Gasteiger partial charge on any atom is -0.484 e. The third kappa shape index (κ3) is 5.53. The zero-order valence-corrected chi connectivity index (χ0v) is 16.0. The van der Waals surface area contributed by atoms with Crippen LogP contribution in [0.2, 0.25) is 0 Å². The van der Waals surface area contributed by atoms with Crippen LogP contribution in [-0.2, 0) is 16.1 Å². The van der Waals surface area contributed by atoms with Crippen LogP contribution in [0.25, 0.3) is 0 Å². The predicted molar refractivity (Wildman–Crippen MR) is 106 cm³/mol. The maximum atomic E-state index is 12.0. The molecule has 148 valence electrons. The van der Waals surface area contributed by atoms with Crippen LogP contribution >= 0.6 is 0 Å². The average molecular weight is 383 g/mol. The van der Waals surface area contributed by atoms with Crippen molar-refractivity contribution in [1.82, 2.24) is 10.3 Å². The molecule has 7 nitrogen and oxygen atoms in total. The number of ether oxygens (including phenoxy) is 2. The molecular weight excluding hydrogens is 358 g/mol. The number of morpholine rings is 1. The van der Waals surface area contributed by atoms with E-state index in [1.165, 1.54) is 0 Å². The van der Waals surface area contributed by atoms with Crippen molar-refractivity contribution >= 4 is 17.5 Å². The molecule has 0 unspecified atom stereocenters. The van der Waals surface area contributed by atoms with E-state index in [-0.39, 0.29) is 18.3 Å². The van der Waals surface area contributed by atoms with Crippen LogP contribution in [0.1, 0.15) is 29.3 Å². The monoisotopic (exact) mass is 383 g/mol. The summed E-state index contributed by atoms with van der Waals surface area (Å²) in [4.78, 5) is 30.2. The van der Waals surface area contributed by atoms with Crippen molar-refractivity contribution in [3.05, 3.63) is 53.7 Å². The minimum absolute atomic E-state index is 0.0811. The van der Waals surface area contributed by atoms with Crippen molar-refractivity contribution in [2.24, 2.45) is 0 Å². The fraction of sp³-hybridized carbons (Fsp3) is 0.381.